The molecular weight excluding hydrogens is 281 g/mol. The molecule has 0 amide bonds. The van der Waals surface area contributed by atoms with E-state index in [1.807, 2.05) is 6.92 Å². The van der Waals surface area contributed by atoms with E-state index in [-0.39, 0.29) is 0 Å². The first-order chi connectivity index (χ1) is 9.90. The Hall–Kier alpha value is -2.37. The van der Waals surface area contributed by atoms with Crippen LogP contribution in [0.25, 0.3) is 0 Å². The number of hydrogen-bond acceptors (Lipinski definition) is 3. The summed E-state index contributed by atoms with van der Waals surface area (Å²) < 4.78 is 43.3. The molecule has 0 saturated carbocycles. The summed E-state index contributed by atoms with van der Waals surface area (Å²) in [6, 6.07) is 9.96. The zero-order valence-corrected chi connectivity index (χ0v) is 11.4. The van der Waals surface area contributed by atoms with Crippen LogP contribution >= 0.6 is 0 Å². The van der Waals surface area contributed by atoms with Crippen molar-refractivity contribution in [3.05, 3.63) is 48.0 Å². The fraction of sp³-hybridized carbons (Fsp3) is 0.200. The molecule has 3 nitrogen and oxygen atoms in total. The maximum Gasteiger partial charge on any atom is 0.416 e. The van der Waals surface area contributed by atoms with Gasteiger partial charge in [-0.2, -0.15) is 13.2 Å². The zero-order valence-electron chi connectivity index (χ0n) is 11.4. The van der Waals surface area contributed by atoms with Gasteiger partial charge in [-0.3, -0.25) is 0 Å². The van der Waals surface area contributed by atoms with Gasteiger partial charge in [0.1, 0.15) is 5.75 Å². The number of nitrogens with two attached hydrogens (primary N) is 1. The van der Waals surface area contributed by atoms with Crippen LogP contribution in [0.4, 0.5) is 30.2 Å². The minimum atomic E-state index is -4.37. The number of halogens is 3. The summed E-state index contributed by atoms with van der Waals surface area (Å²) in [4.78, 5) is 0. The molecule has 2 rings (SSSR count). The topological polar surface area (TPSA) is 47.3 Å². The summed E-state index contributed by atoms with van der Waals surface area (Å²) in [6.07, 6.45) is -4.37. The molecule has 0 radical (unpaired) electrons. The third-order valence-corrected chi connectivity index (χ3v) is 2.79. The van der Waals surface area contributed by atoms with E-state index in [0.29, 0.717) is 29.4 Å². The molecule has 2 aromatic rings. The largest absolute Gasteiger partial charge is 0.492 e. The van der Waals surface area contributed by atoms with Crippen molar-refractivity contribution < 1.29 is 17.9 Å². The van der Waals surface area contributed by atoms with Crippen LogP contribution in [0.15, 0.2) is 42.5 Å². The Morgan fingerprint density at radius 3 is 2.48 bits per heavy atom. The first kappa shape index (κ1) is 15.0. The van der Waals surface area contributed by atoms with E-state index in [0.717, 1.165) is 12.1 Å². The van der Waals surface area contributed by atoms with Crippen LogP contribution in [0.3, 0.4) is 0 Å². The molecule has 0 atom stereocenters. The van der Waals surface area contributed by atoms with Gasteiger partial charge < -0.3 is 15.8 Å². The molecule has 6 heteroatoms. The lowest BCUT2D eigenvalue weighted by Crippen LogP contribution is -2.05. The monoisotopic (exact) mass is 296 g/mol. The standard InChI is InChI=1S/C15H15F3N2O/c1-2-21-14-9-12(6-7-13(14)19)20-11-5-3-4-10(8-11)15(16,17)18/h3-9,20H,2,19H2,1H3. The van der Waals surface area contributed by atoms with Crippen molar-refractivity contribution >= 4 is 17.1 Å². The second-order valence-corrected chi connectivity index (χ2v) is 4.39. The van der Waals surface area contributed by atoms with Crippen molar-refractivity contribution in [2.24, 2.45) is 0 Å². The van der Waals surface area contributed by atoms with Crippen molar-refractivity contribution in [2.45, 2.75) is 13.1 Å². The highest BCUT2D eigenvalue weighted by molar-refractivity contribution is 5.67. The van der Waals surface area contributed by atoms with E-state index in [1.165, 1.54) is 6.07 Å². The second-order valence-electron chi connectivity index (χ2n) is 4.39. The summed E-state index contributed by atoms with van der Waals surface area (Å²) in [5, 5.41) is 2.91. The van der Waals surface area contributed by atoms with Crippen LogP contribution in [0, 0.1) is 0 Å². The first-order valence-corrected chi connectivity index (χ1v) is 6.36. The summed E-state index contributed by atoms with van der Waals surface area (Å²) >= 11 is 0. The van der Waals surface area contributed by atoms with Gasteiger partial charge in [-0.25, -0.2) is 0 Å². The number of alkyl halides is 3. The first-order valence-electron chi connectivity index (χ1n) is 6.36. The highest BCUT2D eigenvalue weighted by Gasteiger charge is 2.30. The Kier molecular flexibility index (Phi) is 4.26. The zero-order chi connectivity index (χ0) is 15.5. The minimum absolute atomic E-state index is 0.344. The Morgan fingerprint density at radius 1 is 1.10 bits per heavy atom. The van der Waals surface area contributed by atoms with E-state index in [9.17, 15) is 13.2 Å². The lowest BCUT2D eigenvalue weighted by Gasteiger charge is -2.13. The molecular formula is C15H15F3N2O. The molecule has 2 aromatic carbocycles. The SMILES string of the molecule is CCOc1cc(Nc2cccc(C(F)(F)F)c2)ccc1N. The molecule has 0 spiro atoms. The van der Waals surface area contributed by atoms with Crippen LogP contribution in [0.2, 0.25) is 0 Å². The molecule has 112 valence electrons. The summed E-state index contributed by atoms with van der Waals surface area (Å²) in [6.45, 7) is 2.28. The van der Waals surface area contributed by atoms with Crippen LogP contribution in [-0.4, -0.2) is 6.61 Å². The quantitative estimate of drug-likeness (QED) is 0.820. The lowest BCUT2D eigenvalue weighted by atomic mass is 10.2. The molecule has 0 saturated heterocycles. The van der Waals surface area contributed by atoms with Gasteiger partial charge in [0.25, 0.3) is 0 Å². The van der Waals surface area contributed by atoms with Crippen LogP contribution < -0.4 is 15.8 Å². The molecule has 0 aromatic heterocycles. The van der Waals surface area contributed by atoms with Gasteiger partial charge in [-0.05, 0) is 37.3 Å². The summed E-state index contributed by atoms with van der Waals surface area (Å²) in [5.41, 5.74) is 6.47. The number of hydrogen-bond donors (Lipinski definition) is 2. The fourth-order valence-electron chi connectivity index (χ4n) is 1.83. The van der Waals surface area contributed by atoms with E-state index in [1.54, 1.807) is 24.3 Å². The Bertz CT molecular complexity index is 627. The maximum absolute atomic E-state index is 12.7. The lowest BCUT2D eigenvalue weighted by molar-refractivity contribution is -0.137. The van der Waals surface area contributed by atoms with E-state index in [4.69, 9.17) is 10.5 Å². The van der Waals surface area contributed by atoms with Gasteiger partial charge in [0, 0.05) is 17.4 Å². The molecule has 3 N–H and O–H groups in total. The average Bonchev–Trinajstić information content (AvgIpc) is 2.42. The van der Waals surface area contributed by atoms with Gasteiger partial charge >= 0.3 is 6.18 Å². The van der Waals surface area contributed by atoms with E-state index in [2.05, 4.69) is 5.32 Å². The number of benzene rings is 2. The molecule has 0 fully saturated rings. The molecule has 0 aliphatic heterocycles. The Labute approximate surface area is 120 Å². The number of nitrogen functional groups attached to an aromatic ring is 1. The summed E-state index contributed by atoms with van der Waals surface area (Å²) in [7, 11) is 0. The van der Waals surface area contributed by atoms with E-state index >= 15 is 0 Å². The third-order valence-electron chi connectivity index (χ3n) is 2.79. The van der Waals surface area contributed by atoms with Crippen molar-refractivity contribution in [3.8, 4) is 5.75 Å². The van der Waals surface area contributed by atoms with Gasteiger partial charge in [-0.15, -0.1) is 0 Å². The van der Waals surface area contributed by atoms with Crippen LogP contribution in [0.5, 0.6) is 5.75 Å². The van der Waals surface area contributed by atoms with Gasteiger partial charge in [0.05, 0.1) is 17.9 Å². The van der Waals surface area contributed by atoms with Crippen molar-refractivity contribution in [1.82, 2.24) is 0 Å². The van der Waals surface area contributed by atoms with Gasteiger partial charge in [-0.1, -0.05) is 6.07 Å². The minimum Gasteiger partial charge on any atom is -0.492 e. The van der Waals surface area contributed by atoms with Crippen molar-refractivity contribution in [1.29, 1.82) is 0 Å². The predicted molar refractivity (Wildman–Crippen MR) is 76.8 cm³/mol. The van der Waals surface area contributed by atoms with Crippen molar-refractivity contribution in [2.75, 3.05) is 17.7 Å². The number of anilines is 3. The predicted octanol–water partition coefficient (Wildman–Crippen LogP) is 4.43. The molecule has 0 heterocycles. The second kappa shape index (κ2) is 5.95. The summed E-state index contributed by atoms with van der Waals surface area (Å²) in [5.74, 6) is 0.495. The molecule has 0 aliphatic carbocycles. The maximum atomic E-state index is 12.7. The molecule has 21 heavy (non-hydrogen) atoms. The average molecular weight is 296 g/mol. The highest BCUT2D eigenvalue weighted by atomic mass is 19.4. The number of rotatable bonds is 4. The van der Waals surface area contributed by atoms with Gasteiger partial charge in [0.2, 0.25) is 0 Å². The normalized spacial score (nSPS) is 11.2. The highest BCUT2D eigenvalue weighted by Crippen LogP contribution is 2.32. The van der Waals surface area contributed by atoms with E-state index < -0.39 is 11.7 Å². The molecule has 0 bridgehead atoms. The van der Waals surface area contributed by atoms with Crippen molar-refractivity contribution in [3.63, 3.8) is 0 Å². The third kappa shape index (κ3) is 3.81. The number of nitrogens with one attached hydrogen (secondary N) is 1. The van der Waals surface area contributed by atoms with Gasteiger partial charge in [0.15, 0.2) is 0 Å². The smallest absolute Gasteiger partial charge is 0.416 e. The molecule has 0 unspecified atom stereocenters. The fourth-order valence-corrected chi connectivity index (χ4v) is 1.83. The number of ether oxygens (including phenoxy) is 1. The van der Waals surface area contributed by atoms with Crippen LogP contribution in [-0.2, 0) is 6.18 Å². The van der Waals surface area contributed by atoms with Crippen LogP contribution in [0.1, 0.15) is 12.5 Å². The Balaban J connectivity index is 2.24. The Morgan fingerprint density at radius 2 is 1.81 bits per heavy atom. The molecule has 0 aliphatic rings.